The van der Waals surface area contributed by atoms with Crippen molar-refractivity contribution in [2.75, 3.05) is 39.6 Å². The monoisotopic (exact) mass is 1310 g/mol. The van der Waals surface area contributed by atoms with Crippen molar-refractivity contribution in [2.45, 2.75) is 283 Å². The minimum absolute atomic E-state index is 0.235. The van der Waals surface area contributed by atoms with E-state index in [4.69, 9.17) is 43.6 Å². The quantitative estimate of drug-likeness (QED) is 0.00886. The molecule has 0 saturated heterocycles. The molecule has 24 heteroatoms. The van der Waals surface area contributed by atoms with Crippen molar-refractivity contribution in [1.82, 2.24) is 0 Å². The van der Waals surface area contributed by atoms with Gasteiger partial charge in [0.15, 0.2) is 12.6 Å². The summed E-state index contributed by atoms with van der Waals surface area (Å²) in [5.41, 5.74) is 0. The Morgan fingerprint density at radius 1 is 0.333 bits per heavy atom. The molecule has 0 rings (SSSR count). The van der Waals surface area contributed by atoms with Crippen LogP contribution in [0.3, 0.4) is 0 Å². The number of rotatable bonds is 59. The van der Waals surface area contributed by atoms with Gasteiger partial charge in [0.25, 0.3) is 0 Å². The molecule has 0 aliphatic rings. The molecular weight excluding hydrogens is 1190 g/mol. The van der Waals surface area contributed by atoms with Crippen LogP contribution in [0.1, 0.15) is 252 Å². The summed E-state index contributed by atoms with van der Waals surface area (Å²) in [4.78, 5) is 62.6. The van der Waals surface area contributed by atoms with Crippen molar-refractivity contribution in [2.24, 2.45) is 0 Å². The standard InChI is InChI=1S/C23H41O7P.C21H41O7P.C19H39O7P/c1-2-3-4-5-6-7-8-9-10-11-12-13-14-15-16-17-18-19-23(25)29-20-22(24)21-30-31(26,27)28;1-2-3-4-5-6-7-8-9-10-11-12-13-14-15-16-17-21(23)27-18-20(22)19-28-29(24,25)26;1-2-3-4-5-6-7-8-9-10-11-12-13-14-15-19(21)25-16-18(20)17-26-27(22,23)24/h6-7,9-10,12-13,15-16,22-25H,2-5,8,11,14,17-21H2,1H3,(H2,26,27,28);6-7,9-10,20-23H,2-5,8,11-19H2,1H3,(H2,24,25,26);18,20H,2-17H2,1H3,(H2,22,23,24)/b7-6-,10-9-,13-12-,16-15-;7-6-,10-9-;/t22-,23+;20-,21+;18-/m111/s1. The normalized spacial score (nSPS) is 14.3. The van der Waals surface area contributed by atoms with Gasteiger partial charge >= 0.3 is 29.4 Å². The second-order valence-corrected chi connectivity index (χ2v) is 25.3. The highest BCUT2D eigenvalue weighted by Crippen LogP contribution is 2.37. The molecule has 514 valence electrons. The number of hydrogen-bond donors (Lipinski definition) is 11. The van der Waals surface area contributed by atoms with Gasteiger partial charge in [-0.3, -0.25) is 18.4 Å². The van der Waals surface area contributed by atoms with E-state index in [1.165, 1.54) is 122 Å². The Morgan fingerprint density at radius 2 is 0.598 bits per heavy atom. The van der Waals surface area contributed by atoms with Crippen LogP contribution in [0.15, 0.2) is 72.9 Å². The zero-order valence-electron chi connectivity index (χ0n) is 53.4. The van der Waals surface area contributed by atoms with Gasteiger partial charge in [0.05, 0.1) is 33.0 Å². The minimum Gasteiger partial charge on any atom is -0.463 e. The van der Waals surface area contributed by atoms with Crippen LogP contribution in [0.25, 0.3) is 0 Å². The number of esters is 1. The third-order valence-electron chi connectivity index (χ3n) is 12.9. The SMILES string of the molecule is CCCCC/C=C\C/C=C\C/C=C\C/C=C\CCC[C@@H](O)OC[C@@H](O)COP(=O)(O)O.CCCCC/C=C\C/C=C\CCCCCCC[C@@H](O)OC[C@@H](O)COP(=O)(O)O.CCCCCCCCCCCCCCCC(=O)OC[C@@H](O)COP(=O)(O)O. The molecule has 11 N–H and O–H groups in total. The number of aliphatic hydroxyl groups excluding tert-OH is 5. The molecule has 21 nitrogen and oxygen atoms in total. The number of hydrogen-bond acceptors (Lipinski definition) is 15. The summed E-state index contributed by atoms with van der Waals surface area (Å²) in [6.07, 6.45) is 59.6. The molecule has 5 atom stereocenters. The Bertz CT molecular complexity index is 1830. The first-order chi connectivity index (χ1) is 41.5. The Morgan fingerprint density at radius 3 is 0.954 bits per heavy atom. The van der Waals surface area contributed by atoms with E-state index >= 15 is 0 Å². The number of allylic oxidation sites excluding steroid dienone is 12. The Hall–Kier alpha value is -2.04. The van der Waals surface area contributed by atoms with Crippen molar-refractivity contribution in [3.8, 4) is 0 Å². The fraction of sp³-hybridized carbons (Fsp3) is 0.794. The molecule has 0 aromatic heterocycles. The van der Waals surface area contributed by atoms with Gasteiger partial charge in [-0.2, -0.15) is 0 Å². The highest BCUT2D eigenvalue weighted by molar-refractivity contribution is 7.46. The molecule has 0 aliphatic heterocycles. The number of aliphatic hydroxyl groups is 5. The van der Waals surface area contributed by atoms with Gasteiger partial charge in [0, 0.05) is 6.42 Å². The lowest BCUT2D eigenvalue weighted by Gasteiger charge is -2.15. The summed E-state index contributed by atoms with van der Waals surface area (Å²) in [6.45, 7) is 4.19. The van der Waals surface area contributed by atoms with E-state index in [1.54, 1.807) is 0 Å². The lowest BCUT2D eigenvalue weighted by atomic mass is 10.0. The minimum atomic E-state index is -4.61. The molecule has 0 fully saturated rings. The van der Waals surface area contributed by atoms with E-state index in [0.717, 1.165) is 89.9 Å². The number of ether oxygens (including phenoxy) is 3. The first-order valence-corrected chi connectivity index (χ1v) is 36.9. The summed E-state index contributed by atoms with van der Waals surface area (Å²) in [7, 11) is -13.8. The van der Waals surface area contributed by atoms with E-state index in [2.05, 4.69) is 107 Å². The second kappa shape index (κ2) is 65.5. The van der Waals surface area contributed by atoms with Crippen LogP contribution in [-0.4, -0.2) is 131 Å². The summed E-state index contributed by atoms with van der Waals surface area (Å²) in [5.74, 6) is -0.409. The van der Waals surface area contributed by atoms with Crippen molar-refractivity contribution in [3.63, 3.8) is 0 Å². The molecule has 0 saturated carbocycles. The predicted octanol–water partition coefficient (Wildman–Crippen LogP) is 14.0. The van der Waals surface area contributed by atoms with E-state index < -0.39 is 80.1 Å². The first-order valence-electron chi connectivity index (χ1n) is 32.3. The molecule has 0 amide bonds. The van der Waals surface area contributed by atoms with Crippen molar-refractivity contribution in [1.29, 1.82) is 0 Å². The van der Waals surface area contributed by atoms with Crippen LogP contribution in [0.5, 0.6) is 0 Å². The largest absolute Gasteiger partial charge is 0.469 e. The van der Waals surface area contributed by atoms with E-state index in [1.807, 2.05) is 0 Å². The maximum absolute atomic E-state index is 11.5. The van der Waals surface area contributed by atoms with Crippen LogP contribution in [-0.2, 0) is 46.3 Å². The average molecular weight is 1310 g/mol. The average Bonchev–Trinajstić information content (AvgIpc) is 3.52. The van der Waals surface area contributed by atoms with Crippen LogP contribution < -0.4 is 0 Å². The lowest BCUT2D eigenvalue weighted by molar-refractivity contribution is -0.147. The molecule has 0 aliphatic carbocycles. The number of phosphoric acid groups is 3. The predicted molar refractivity (Wildman–Crippen MR) is 345 cm³/mol. The zero-order chi connectivity index (χ0) is 65.4. The van der Waals surface area contributed by atoms with Crippen LogP contribution in [0.4, 0.5) is 0 Å². The fourth-order valence-electron chi connectivity index (χ4n) is 7.95. The van der Waals surface area contributed by atoms with Crippen LogP contribution in [0, 0.1) is 0 Å². The van der Waals surface area contributed by atoms with Gasteiger partial charge in [0.2, 0.25) is 0 Å². The number of phosphoric ester groups is 3. The van der Waals surface area contributed by atoms with Crippen molar-refractivity contribution in [3.05, 3.63) is 72.9 Å². The Kier molecular flexibility index (Phi) is 67.1. The van der Waals surface area contributed by atoms with Gasteiger partial charge in [-0.1, -0.05) is 216 Å². The van der Waals surface area contributed by atoms with Crippen molar-refractivity contribution < 1.29 is 101 Å². The van der Waals surface area contributed by atoms with Gasteiger partial charge in [-0.15, -0.1) is 0 Å². The van der Waals surface area contributed by atoms with Gasteiger partial charge in [-0.25, -0.2) is 13.7 Å². The zero-order valence-corrected chi connectivity index (χ0v) is 56.0. The summed E-state index contributed by atoms with van der Waals surface area (Å²) in [5, 5.41) is 47.7. The molecule has 0 bridgehead atoms. The number of unbranched alkanes of at least 4 members (excludes halogenated alkanes) is 24. The fourth-order valence-corrected chi connectivity index (χ4v) is 9.05. The first kappa shape index (κ1) is 89.2. The lowest BCUT2D eigenvalue weighted by Crippen LogP contribution is -2.25. The molecular formula is C63H121O21P3. The topological polar surface area (TPSA) is 346 Å². The molecule has 87 heavy (non-hydrogen) atoms. The Balaban J connectivity index is -0.00000122. The summed E-state index contributed by atoms with van der Waals surface area (Å²) in [6, 6.07) is 0. The summed E-state index contributed by atoms with van der Waals surface area (Å²) >= 11 is 0. The molecule has 0 spiro atoms. The molecule has 0 heterocycles. The van der Waals surface area contributed by atoms with E-state index in [-0.39, 0.29) is 19.8 Å². The summed E-state index contributed by atoms with van der Waals surface area (Å²) < 4.78 is 58.9. The molecule has 0 aromatic carbocycles. The second-order valence-electron chi connectivity index (χ2n) is 21.6. The van der Waals surface area contributed by atoms with E-state index in [9.17, 15) is 44.0 Å². The van der Waals surface area contributed by atoms with Gasteiger partial charge in [0.1, 0.15) is 24.9 Å². The van der Waals surface area contributed by atoms with Gasteiger partial charge in [-0.05, 0) is 103 Å². The third kappa shape index (κ3) is 84.0. The highest BCUT2D eigenvalue weighted by atomic mass is 31.2. The number of carbonyl (C=O) groups is 1. The molecule has 0 aromatic rings. The molecule has 0 radical (unpaired) electrons. The van der Waals surface area contributed by atoms with Crippen LogP contribution in [0.2, 0.25) is 0 Å². The van der Waals surface area contributed by atoms with Crippen molar-refractivity contribution >= 4 is 29.4 Å². The maximum atomic E-state index is 11.5. The van der Waals surface area contributed by atoms with E-state index in [0.29, 0.717) is 19.3 Å². The molecule has 0 unspecified atom stereocenters. The Labute approximate surface area is 523 Å². The third-order valence-corrected chi connectivity index (χ3v) is 14.3. The number of carbonyl (C=O) groups excluding carboxylic acids is 1. The maximum Gasteiger partial charge on any atom is 0.469 e. The highest BCUT2D eigenvalue weighted by Gasteiger charge is 2.20. The smallest absolute Gasteiger partial charge is 0.463 e. The van der Waals surface area contributed by atoms with Gasteiger partial charge < -0.3 is 69.1 Å². The van der Waals surface area contributed by atoms with Crippen LogP contribution >= 0.6 is 23.5 Å².